The van der Waals surface area contributed by atoms with E-state index in [4.69, 9.17) is 0 Å². The standard InChI is InChI=1S/C17H24N4/c1-4-9-14(5-2)19-16-13(3)12-18-17(21-16)20-15-10-7-6-8-11-15/h6-8,10-12,14H,4-5,9H2,1-3H3,(H2,18,19,20,21). The third-order valence-corrected chi connectivity index (χ3v) is 3.47. The topological polar surface area (TPSA) is 49.8 Å². The van der Waals surface area contributed by atoms with E-state index in [1.165, 1.54) is 6.42 Å². The van der Waals surface area contributed by atoms with Crippen LogP contribution in [0.25, 0.3) is 0 Å². The van der Waals surface area contributed by atoms with E-state index in [2.05, 4.69) is 34.4 Å². The smallest absolute Gasteiger partial charge is 0.229 e. The van der Waals surface area contributed by atoms with E-state index in [-0.39, 0.29) is 0 Å². The fourth-order valence-corrected chi connectivity index (χ4v) is 2.22. The van der Waals surface area contributed by atoms with Crippen LogP contribution in [-0.2, 0) is 0 Å². The summed E-state index contributed by atoms with van der Waals surface area (Å²) in [6.45, 7) is 6.44. The Labute approximate surface area is 127 Å². The summed E-state index contributed by atoms with van der Waals surface area (Å²) in [5.74, 6) is 1.55. The zero-order chi connectivity index (χ0) is 15.1. The first-order valence-electron chi connectivity index (χ1n) is 7.65. The van der Waals surface area contributed by atoms with Crippen LogP contribution in [0.2, 0.25) is 0 Å². The molecule has 112 valence electrons. The predicted molar refractivity (Wildman–Crippen MR) is 89.1 cm³/mol. The summed E-state index contributed by atoms with van der Waals surface area (Å²) in [4.78, 5) is 8.96. The molecule has 4 heteroatoms. The lowest BCUT2D eigenvalue weighted by molar-refractivity contribution is 0.620. The summed E-state index contributed by atoms with van der Waals surface area (Å²) in [5, 5.41) is 6.77. The minimum Gasteiger partial charge on any atom is -0.367 e. The number of aromatic nitrogens is 2. The summed E-state index contributed by atoms with van der Waals surface area (Å²) in [5.41, 5.74) is 2.07. The van der Waals surface area contributed by atoms with Crippen molar-refractivity contribution < 1.29 is 0 Å². The normalized spacial score (nSPS) is 12.0. The highest BCUT2D eigenvalue weighted by atomic mass is 15.1. The number of para-hydroxylation sites is 1. The quantitative estimate of drug-likeness (QED) is 0.785. The number of benzene rings is 1. The van der Waals surface area contributed by atoms with Gasteiger partial charge in [-0.25, -0.2) is 4.98 Å². The molecule has 0 fully saturated rings. The molecule has 4 nitrogen and oxygen atoms in total. The van der Waals surface area contributed by atoms with Crippen LogP contribution in [0.1, 0.15) is 38.7 Å². The van der Waals surface area contributed by atoms with Gasteiger partial charge in [-0.15, -0.1) is 0 Å². The highest BCUT2D eigenvalue weighted by Crippen LogP contribution is 2.18. The van der Waals surface area contributed by atoms with Crippen molar-refractivity contribution in [3.05, 3.63) is 42.1 Å². The van der Waals surface area contributed by atoms with Gasteiger partial charge in [0.05, 0.1) is 0 Å². The molecule has 1 heterocycles. The number of hydrogen-bond acceptors (Lipinski definition) is 4. The van der Waals surface area contributed by atoms with Crippen LogP contribution in [0.5, 0.6) is 0 Å². The van der Waals surface area contributed by atoms with Gasteiger partial charge in [-0.2, -0.15) is 4.98 Å². The lowest BCUT2D eigenvalue weighted by Gasteiger charge is -2.18. The molecule has 0 spiro atoms. The van der Waals surface area contributed by atoms with E-state index >= 15 is 0 Å². The first kappa shape index (κ1) is 15.3. The minimum absolute atomic E-state index is 0.466. The Balaban J connectivity index is 2.13. The van der Waals surface area contributed by atoms with Crippen LogP contribution in [0.4, 0.5) is 17.5 Å². The number of hydrogen-bond donors (Lipinski definition) is 2. The van der Waals surface area contributed by atoms with Gasteiger partial charge in [-0.1, -0.05) is 38.5 Å². The van der Waals surface area contributed by atoms with Crippen molar-refractivity contribution in [2.75, 3.05) is 10.6 Å². The van der Waals surface area contributed by atoms with Crippen LogP contribution in [0.15, 0.2) is 36.5 Å². The Hall–Kier alpha value is -2.10. The molecule has 1 aromatic heterocycles. The molecule has 1 atom stereocenters. The van der Waals surface area contributed by atoms with Gasteiger partial charge in [0.1, 0.15) is 5.82 Å². The Morgan fingerprint density at radius 1 is 1.14 bits per heavy atom. The fraction of sp³-hybridized carbons (Fsp3) is 0.412. The van der Waals surface area contributed by atoms with E-state index in [9.17, 15) is 0 Å². The van der Waals surface area contributed by atoms with Crippen LogP contribution >= 0.6 is 0 Å². The van der Waals surface area contributed by atoms with Crippen molar-refractivity contribution in [3.8, 4) is 0 Å². The second kappa shape index (κ2) is 7.62. The molecule has 1 aromatic carbocycles. The zero-order valence-corrected chi connectivity index (χ0v) is 13.1. The van der Waals surface area contributed by atoms with E-state index in [0.717, 1.165) is 29.9 Å². The van der Waals surface area contributed by atoms with Gasteiger partial charge in [0.15, 0.2) is 0 Å². The predicted octanol–water partition coefficient (Wildman–Crippen LogP) is 4.52. The Morgan fingerprint density at radius 2 is 1.90 bits per heavy atom. The average molecular weight is 284 g/mol. The van der Waals surface area contributed by atoms with Gasteiger partial charge in [0, 0.05) is 23.5 Å². The third-order valence-electron chi connectivity index (χ3n) is 3.47. The first-order valence-corrected chi connectivity index (χ1v) is 7.65. The van der Waals surface area contributed by atoms with Crippen LogP contribution in [-0.4, -0.2) is 16.0 Å². The number of nitrogens with zero attached hydrogens (tertiary/aromatic N) is 2. The maximum absolute atomic E-state index is 4.60. The molecular formula is C17H24N4. The van der Waals surface area contributed by atoms with Crippen molar-refractivity contribution >= 4 is 17.5 Å². The van der Waals surface area contributed by atoms with E-state index < -0.39 is 0 Å². The SMILES string of the molecule is CCCC(CC)Nc1nc(Nc2ccccc2)ncc1C. The number of rotatable bonds is 7. The number of aryl methyl sites for hydroxylation is 1. The van der Waals surface area contributed by atoms with E-state index in [1.807, 2.05) is 43.5 Å². The number of anilines is 3. The third kappa shape index (κ3) is 4.45. The van der Waals surface area contributed by atoms with Crippen molar-refractivity contribution in [1.82, 2.24) is 9.97 Å². The van der Waals surface area contributed by atoms with Crippen LogP contribution in [0.3, 0.4) is 0 Å². The molecule has 2 N–H and O–H groups in total. The van der Waals surface area contributed by atoms with Crippen molar-refractivity contribution in [2.45, 2.75) is 46.1 Å². The largest absolute Gasteiger partial charge is 0.367 e. The van der Waals surface area contributed by atoms with Gasteiger partial charge in [-0.05, 0) is 31.9 Å². The van der Waals surface area contributed by atoms with Gasteiger partial charge < -0.3 is 10.6 Å². The summed E-state index contributed by atoms with van der Waals surface area (Å²) < 4.78 is 0. The number of nitrogens with one attached hydrogen (secondary N) is 2. The molecule has 0 saturated heterocycles. The molecule has 0 aliphatic rings. The molecule has 0 radical (unpaired) electrons. The molecule has 0 saturated carbocycles. The second-order valence-corrected chi connectivity index (χ2v) is 5.25. The van der Waals surface area contributed by atoms with Crippen molar-refractivity contribution in [1.29, 1.82) is 0 Å². The highest BCUT2D eigenvalue weighted by molar-refractivity contribution is 5.55. The highest BCUT2D eigenvalue weighted by Gasteiger charge is 2.09. The van der Waals surface area contributed by atoms with E-state index in [0.29, 0.717) is 12.0 Å². The van der Waals surface area contributed by atoms with Crippen molar-refractivity contribution in [2.24, 2.45) is 0 Å². The molecule has 0 aliphatic carbocycles. The molecule has 0 amide bonds. The van der Waals surface area contributed by atoms with E-state index in [1.54, 1.807) is 0 Å². The van der Waals surface area contributed by atoms with Crippen molar-refractivity contribution in [3.63, 3.8) is 0 Å². The van der Waals surface area contributed by atoms with Crippen LogP contribution in [0, 0.1) is 6.92 Å². The molecule has 0 aliphatic heterocycles. The second-order valence-electron chi connectivity index (χ2n) is 5.25. The maximum Gasteiger partial charge on any atom is 0.229 e. The zero-order valence-electron chi connectivity index (χ0n) is 13.1. The molecule has 2 aromatic rings. The molecule has 21 heavy (non-hydrogen) atoms. The average Bonchev–Trinajstić information content (AvgIpc) is 2.51. The summed E-state index contributed by atoms with van der Waals surface area (Å²) >= 11 is 0. The summed E-state index contributed by atoms with van der Waals surface area (Å²) in [6, 6.07) is 10.4. The summed E-state index contributed by atoms with van der Waals surface area (Å²) in [6.07, 6.45) is 5.28. The molecule has 0 bridgehead atoms. The van der Waals surface area contributed by atoms with Gasteiger partial charge in [-0.3, -0.25) is 0 Å². The molecule has 1 unspecified atom stereocenters. The van der Waals surface area contributed by atoms with Crippen LogP contribution < -0.4 is 10.6 Å². The Morgan fingerprint density at radius 3 is 2.57 bits per heavy atom. The van der Waals surface area contributed by atoms with Gasteiger partial charge >= 0.3 is 0 Å². The van der Waals surface area contributed by atoms with Gasteiger partial charge in [0.25, 0.3) is 0 Å². The monoisotopic (exact) mass is 284 g/mol. The minimum atomic E-state index is 0.466. The lowest BCUT2D eigenvalue weighted by atomic mass is 10.1. The Kier molecular flexibility index (Phi) is 5.55. The lowest BCUT2D eigenvalue weighted by Crippen LogP contribution is -2.20. The molecule has 2 rings (SSSR count). The maximum atomic E-state index is 4.60. The fourth-order valence-electron chi connectivity index (χ4n) is 2.22. The summed E-state index contributed by atoms with van der Waals surface area (Å²) in [7, 11) is 0. The first-order chi connectivity index (χ1) is 10.2. The Bertz CT molecular complexity index is 554. The van der Waals surface area contributed by atoms with Gasteiger partial charge in [0.2, 0.25) is 5.95 Å². The molecular weight excluding hydrogens is 260 g/mol.